The summed E-state index contributed by atoms with van der Waals surface area (Å²) in [7, 11) is -1.68. The molecule has 0 saturated heterocycles. The van der Waals surface area contributed by atoms with Crippen molar-refractivity contribution in [3.05, 3.63) is 0 Å². The van der Waals surface area contributed by atoms with Crippen LogP contribution < -0.4 is 26.5 Å². The van der Waals surface area contributed by atoms with Gasteiger partial charge in [0.15, 0.2) is 0 Å². The average Bonchev–Trinajstić information content (AvgIpc) is 2.37. The second kappa shape index (κ2) is 32.6. The van der Waals surface area contributed by atoms with Gasteiger partial charge in [0.1, 0.15) is 0 Å². The Balaban J connectivity index is -0.000000103. The van der Waals surface area contributed by atoms with Gasteiger partial charge in [-0.15, -0.1) is 0 Å². The van der Waals surface area contributed by atoms with E-state index in [1.807, 2.05) is 0 Å². The first-order valence-electron chi connectivity index (χ1n) is 2.43. The Morgan fingerprint density at radius 3 is 0.810 bits per heavy atom. The van der Waals surface area contributed by atoms with E-state index >= 15 is 0 Å². The van der Waals surface area contributed by atoms with Crippen LogP contribution in [-0.4, -0.2) is 0 Å². The van der Waals surface area contributed by atoms with E-state index in [4.69, 9.17) is 0 Å². The van der Waals surface area contributed by atoms with Crippen LogP contribution in [0.25, 0.3) is 0 Å². The van der Waals surface area contributed by atoms with Crippen molar-refractivity contribution in [1.29, 1.82) is 0 Å². The minimum atomic E-state index is -0.334. The quantitative estimate of drug-likeness (QED) is 0.241. The van der Waals surface area contributed by atoms with E-state index in [9.17, 15) is 0 Å². The summed E-state index contributed by atoms with van der Waals surface area (Å²) in [4.78, 5) is 0. The molecular weight excluding hydrogens is 2550 g/mol. The Kier molecular flexibility index (Phi) is 66.3. The Morgan fingerprint density at radius 2 is 0.810 bits per heavy atom. The zero-order valence-electron chi connectivity index (χ0n) is 7.56. The summed E-state index contributed by atoms with van der Waals surface area (Å²) in [5, 5.41) is 0. The molecule has 0 atom stereocenters. The van der Waals surface area contributed by atoms with E-state index in [1.54, 1.807) is 0 Å². The maximum atomic E-state index is 2.79. The van der Waals surface area contributed by atoms with Crippen LogP contribution in [0.3, 0.4) is 0 Å². The van der Waals surface area contributed by atoms with Crippen molar-refractivity contribution in [2.75, 3.05) is 0 Å². The second-order valence-corrected chi connectivity index (χ2v) is 326. The average molecular weight is 2550 g/mol. The molecule has 0 aromatic carbocycles. The number of halogens is 20. The van der Waals surface area contributed by atoms with Gasteiger partial charge >= 0.3 is 297 Å². The first kappa shape index (κ1) is 42.7. The Bertz CT molecular complexity index is 163. The van der Waals surface area contributed by atoms with E-state index in [2.05, 4.69) is 223 Å². The van der Waals surface area contributed by atoms with Crippen LogP contribution in [0.5, 0.6) is 0 Å². The van der Waals surface area contributed by atoms with Gasteiger partial charge in [-0.1, -0.05) is 7.43 Å². The van der Waals surface area contributed by atoms with Gasteiger partial charge in [0.2, 0.25) is 0 Å². The molecule has 0 unspecified atom stereocenters. The topological polar surface area (TPSA) is 0 Å². The number of hydrogen-bond acceptors (Lipinski definition) is 0. The van der Waals surface area contributed by atoms with E-state index < -0.39 is 0 Å². The Morgan fingerprint density at radius 1 is 0.524 bits per heavy atom. The summed E-state index contributed by atoms with van der Waals surface area (Å²) in [5.41, 5.74) is 0. The first-order valence-corrected chi connectivity index (χ1v) is 109. The standard InChI is InChI=1S/CH4.I8.I7.I5/c;1-6(2)8(5)7(3)4;1-5-7(4)6(2)3;1-4-5(2)3/h1H4;;;/q;;2*-1. The van der Waals surface area contributed by atoms with Crippen molar-refractivity contribution in [2.45, 2.75) is 7.43 Å². The fourth-order valence-electron chi connectivity index (χ4n) is 0.0463. The fourth-order valence-corrected chi connectivity index (χ4v) is 629. The van der Waals surface area contributed by atoms with Gasteiger partial charge < -0.3 is 0 Å². The summed E-state index contributed by atoms with van der Waals surface area (Å²) in [5.74, 6) is 0. The molecule has 0 rings (SSSR count). The molecule has 0 bridgehead atoms. The molecule has 150 valence electrons. The monoisotopic (exact) mass is 2550 g/mol. The molecule has 0 nitrogen and oxygen atoms in total. The van der Waals surface area contributed by atoms with Gasteiger partial charge in [-0.25, -0.2) is 0 Å². The van der Waals surface area contributed by atoms with Crippen molar-refractivity contribution in [3.8, 4) is 0 Å². The first-order chi connectivity index (χ1) is 9.00. The molecule has 0 aromatic heterocycles. The van der Waals surface area contributed by atoms with Crippen LogP contribution in [0.2, 0.25) is 0 Å². The third-order valence-corrected chi connectivity index (χ3v) is 661. The van der Waals surface area contributed by atoms with E-state index in [0.29, 0.717) is 26.5 Å². The summed E-state index contributed by atoms with van der Waals surface area (Å²) in [6.45, 7) is 0. The van der Waals surface area contributed by atoms with Crippen LogP contribution >= 0.6 is 271 Å². The fraction of sp³-hybridized carbons (Fsp3) is 1.00. The minimum absolute atomic E-state index is 0. The van der Waals surface area contributed by atoms with Crippen LogP contribution in [-0.2, 0) is 0 Å². The van der Waals surface area contributed by atoms with Crippen molar-refractivity contribution in [3.63, 3.8) is 0 Å². The normalized spacial score (nSPS) is 13.5. The molecule has 0 radical (unpaired) electrons. The van der Waals surface area contributed by atoms with Gasteiger partial charge in [0.25, 0.3) is 0 Å². The predicted molar refractivity (Wildman–Crippen MR) is 259 cm³/mol. The maximum absolute atomic E-state index is 2.79. The van der Waals surface area contributed by atoms with Gasteiger partial charge in [-0.2, -0.15) is 0 Å². The molecular formula is CH4I20-2. The van der Waals surface area contributed by atoms with Crippen LogP contribution in [0.4, 0.5) is 0 Å². The summed E-state index contributed by atoms with van der Waals surface area (Å²) in [6.07, 6.45) is 0. The number of rotatable bonds is 5. The molecule has 0 aromatic rings. The van der Waals surface area contributed by atoms with E-state index in [1.165, 1.54) is 0 Å². The van der Waals surface area contributed by atoms with Gasteiger partial charge in [-0.3, -0.25) is 0 Å². The molecule has 20 heteroatoms. The van der Waals surface area contributed by atoms with E-state index in [0.717, 1.165) is 0 Å². The van der Waals surface area contributed by atoms with Gasteiger partial charge in [0.05, 0.1) is 0 Å². The summed E-state index contributed by atoms with van der Waals surface area (Å²) >= 11 is 33.5. The molecule has 0 spiro atoms. The van der Waals surface area contributed by atoms with Crippen LogP contribution in [0, 0.1) is 0 Å². The number of hydrogen-bond donors (Lipinski definition) is 0. The van der Waals surface area contributed by atoms with Crippen molar-refractivity contribution in [2.24, 2.45) is 0 Å². The van der Waals surface area contributed by atoms with Crippen LogP contribution in [0.15, 0.2) is 0 Å². The molecule has 0 N–H and O–H groups in total. The Hall–Kier alpha value is 14.6. The van der Waals surface area contributed by atoms with Crippen LogP contribution in [0.1, 0.15) is 7.43 Å². The molecule has 21 heavy (non-hydrogen) atoms. The molecule has 0 amide bonds. The molecule has 0 aliphatic carbocycles. The van der Waals surface area contributed by atoms with Crippen molar-refractivity contribution in [1.82, 2.24) is 0 Å². The van der Waals surface area contributed by atoms with Crippen molar-refractivity contribution >= 4 is 271 Å². The van der Waals surface area contributed by atoms with Crippen molar-refractivity contribution < 1.29 is 26.5 Å². The van der Waals surface area contributed by atoms with Gasteiger partial charge in [0, 0.05) is 0 Å². The third-order valence-electron chi connectivity index (χ3n) is 0.327. The summed E-state index contributed by atoms with van der Waals surface area (Å²) in [6, 6.07) is 0. The predicted octanol–water partition coefficient (Wildman–Crippen LogP) is 10.6. The molecule has 0 aliphatic rings. The zero-order valence-corrected chi connectivity index (χ0v) is 50.7. The molecule has 0 aliphatic heterocycles. The zero-order chi connectivity index (χ0) is 16.9. The second-order valence-electron chi connectivity index (χ2n) is 1.08. The van der Waals surface area contributed by atoms with Gasteiger partial charge in [-0.05, 0) is 0 Å². The Labute approximate surface area is 289 Å². The molecule has 0 fully saturated rings. The third kappa shape index (κ3) is 39.3. The summed E-state index contributed by atoms with van der Waals surface area (Å²) < 4.78 is 0. The molecule has 0 saturated carbocycles. The molecule has 0 heterocycles. The SMILES string of the molecule is C.II(I)I(I)I(I)I.I[I-]I(I)I.I[I-]I(I)I(I)I. The van der Waals surface area contributed by atoms with E-state index in [-0.39, 0.29) is 54.8 Å².